The Morgan fingerprint density at radius 1 is 1.18 bits per heavy atom. The summed E-state index contributed by atoms with van der Waals surface area (Å²) >= 11 is 1.33. The van der Waals surface area contributed by atoms with Crippen LogP contribution in [0.15, 0.2) is 64.5 Å². The number of rotatable bonds is 6. The highest BCUT2D eigenvalue weighted by atomic mass is 32.2. The van der Waals surface area contributed by atoms with Gasteiger partial charge in [0.25, 0.3) is 5.89 Å². The fraction of sp³-hybridized carbons (Fsp3) is 0.174. The number of aromatic nitrogens is 2. The van der Waals surface area contributed by atoms with Crippen LogP contribution in [0, 0.1) is 5.82 Å². The summed E-state index contributed by atoms with van der Waals surface area (Å²) in [4.78, 5) is 31.9. The number of fused-ring (bicyclic) bond motifs is 1. The SMILES string of the molecule is COc1ccccc1-c1noc(C[N+]2=C3C=CSC3C(=O)N(Cc3ccc(F)cc3)C2=O)n1. The van der Waals surface area contributed by atoms with Gasteiger partial charge in [-0.3, -0.25) is 0 Å². The minimum Gasteiger partial charge on any atom is -0.496 e. The molecule has 0 saturated carbocycles. The van der Waals surface area contributed by atoms with Crippen molar-refractivity contribution in [1.82, 2.24) is 15.0 Å². The van der Waals surface area contributed by atoms with E-state index in [0.717, 1.165) is 0 Å². The molecule has 5 rings (SSSR count). The van der Waals surface area contributed by atoms with Gasteiger partial charge in [0.1, 0.15) is 23.8 Å². The summed E-state index contributed by atoms with van der Waals surface area (Å²) in [6.07, 6.45) is 1.75. The van der Waals surface area contributed by atoms with Gasteiger partial charge in [0.05, 0.1) is 12.7 Å². The van der Waals surface area contributed by atoms with Crippen LogP contribution in [0.4, 0.5) is 9.18 Å². The van der Waals surface area contributed by atoms with Crippen LogP contribution in [0.5, 0.6) is 5.75 Å². The maximum atomic E-state index is 13.3. The number of ether oxygens (including phenoxy) is 1. The van der Waals surface area contributed by atoms with Crippen molar-refractivity contribution in [2.24, 2.45) is 0 Å². The van der Waals surface area contributed by atoms with Crippen LogP contribution in [0.25, 0.3) is 11.4 Å². The Kier molecular flexibility index (Phi) is 5.51. The third-order valence-corrected chi connectivity index (χ3v) is 6.36. The first-order chi connectivity index (χ1) is 16.0. The first-order valence-electron chi connectivity index (χ1n) is 10.1. The first-order valence-corrected chi connectivity index (χ1v) is 11.0. The van der Waals surface area contributed by atoms with E-state index < -0.39 is 11.3 Å². The molecule has 2 aromatic carbocycles. The number of carbonyl (C=O) groups is 2. The molecule has 166 valence electrons. The van der Waals surface area contributed by atoms with Crippen LogP contribution in [0.3, 0.4) is 0 Å². The number of amides is 3. The fourth-order valence-electron chi connectivity index (χ4n) is 3.72. The van der Waals surface area contributed by atoms with E-state index in [1.807, 2.05) is 18.2 Å². The van der Waals surface area contributed by atoms with Crippen molar-refractivity contribution in [3.8, 4) is 17.1 Å². The Bertz CT molecular complexity index is 1300. The molecule has 8 nitrogen and oxygen atoms in total. The Morgan fingerprint density at radius 3 is 2.76 bits per heavy atom. The maximum Gasteiger partial charge on any atom is 0.501 e. The minimum atomic E-state index is -0.542. The minimum absolute atomic E-state index is 0.00487. The van der Waals surface area contributed by atoms with Crippen LogP contribution >= 0.6 is 11.8 Å². The summed E-state index contributed by atoms with van der Waals surface area (Å²) in [7, 11) is 1.56. The molecule has 0 N–H and O–H groups in total. The zero-order valence-electron chi connectivity index (χ0n) is 17.5. The van der Waals surface area contributed by atoms with Crippen LogP contribution in [0.1, 0.15) is 11.5 Å². The van der Waals surface area contributed by atoms with Crippen molar-refractivity contribution >= 4 is 29.4 Å². The molecular weight excluding hydrogens is 447 g/mol. The zero-order chi connectivity index (χ0) is 22.9. The van der Waals surface area contributed by atoms with Gasteiger partial charge in [-0.25, -0.2) is 9.18 Å². The van der Waals surface area contributed by atoms with Crippen LogP contribution in [0.2, 0.25) is 0 Å². The number of carbonyl (C=O) groups excluding carboxylic acids is 2. The van der Waals surface area contributed by atoms with Gasteiger partial charge < -0.3 is 9.26 Å². The highest BCUT2D eigenvalue weighted by Gasteiger charge is 2.49. The van der Waals surface area contributed by atoms with Crippen LogP contribution < -0.4 is 4.74 Å². The lowest BCUT2D eigenvalue weighted by Crippen LogP contribution is -2.54. The van der Waals surface area contributed by atoms with Crippen molar-refractivity contribution in [3.05, 3.63) is 77.3 Å². The monoisotopic (exact) mass is 465 g/mol. The van der Waals surface area contributed by atoms with Gasteiger partial charge in [-0.15, -0.1) is 11.8 Å². The largest absolute Gasteiger partial charge is 0.501 e. The highest BCUT2D eigenvalue weighted by Crippen LogP contribution is 2.30. The molecule has 0 aliphatic carbocycles. The van der Waals surface area contributed by atoms with E-state index in [1.165, 1.54) is 33.4 Å². The Morgan fingerprint density at radius 2 is 1.97 bits per heavy atom. The van der Waals surface area contributed by atoms with Crippen molar-refractivity contribution in [1.29, 1.82) is 0 Å². The molecule has 3 amide bonds. The van der Waals surface area contributed by atoms with E-state index in [4.69, 9.17) is 9.26 Å². The van der Waals surface area contributed by atoms with Gasteiger partial charge in [0.2, 0.25) is 5.82 Å². The molecule has 33 heavy (non-hydrogen) atoms. The summed E-state index contributed by atoms with van der Waals surface area (Å²) in [6.45, 7) is 0.0417. The van der Waals surface area contributed by atoms with Crippen LogP contribution in [-0.2, 0) is 17.9 Å². The van der Waals surface area contributed by atoms with Gasteiger partial charge in [-0.1, -0.05) is 29.4 Å². The number of methoxy groups -OCH3 is 1. The van der Waals surface area contributed by atoms with Gasteiger partial charge in [-0.05, 0) is 41.3 Å². The Labute approximate surface area is 192 Å². The van der Waals surface area contributed by atoms with E-state index in [9.17, 15) is 14.0 Å². The predicted octanol–water partition coefficient (Wildman–Crippen LogP) is 3.63. The number of nitrogens with zero attached hydrogens (tertiary/aromatic N) is 4. The molecule has 3 heterocycles. The molecule has 2 aliphatic heterocycles. The number of thioether (sulfide) groups is 1. The molecule has 0 fully saturated rings. The lowest BCUT2D eigenvalue weighted by Gasteiger charge is -2.23. The summed E-state index contributed by atoms with van der Waals surface area (Å²) in [5, 5.41) is 5.27. The smallest absolute Gasteiger partial charge is 0.496 e. The molecule has 2 aliphatic rings. The number of halogens is 1. The summed E-state index contributed by atoms with van der Waals surface area (Å²) in [5.41, 5.74) is 1.88. The van der Waals surface area contributed by atoms with Gasteiger partial charge in [0, 0.05) is 0 Å². The van der Waals surface area contributed by atoms with E-state index in [-0.39, 0.29) is 30.7 Å². The quantitative estimate of drug-likeness (QED) is 0.514. The molecule has 0 bridgehead atoms. The summed E-state index contributed by atoms with van der Waals surface area (Å²) in [5.74, 6) is 0.455. The number of hydrogen-bond donors (Lipinski definition) is 0. The summed E-state index contributed by atoms with van der Waals surface area (Å²) in [6, 6.07) is 12.5. The topological polar surface area (TPSA) is 88.5 Å². The molecule has 1 unspecified atom stereocenters. The fourth-order valence-corrected chi connectivity index (χ4v) is 4.69. The van der Waals surface area contributed by atoms with Gasteiger partial charge in [0.15, 0.2) is 11.8 Å². The van der Waals surface area contributed by atoms with E-state index in [2.05, 4.69) is 10.1 Å². The van der Waals surface area contributed by atoms with Crippen molar-refractivity contribution < 1.29 is 27.8 Å². The number of hydrogen-bond acceptors (Lipinski definition) is 7. The molecule has 0 saturated heterocycles. The number of urea groups is 1. The number of benzene rings is 2. The standard InChI is InChI=1S/C23H18FN4O4S/c1-31-18-5-3-2-4-16(18)21-25-19(32-26-21)13-27-17-10-11-33-20(17)22(29)28(23(27)30)12-14-6-8-15(24)9-7-14/h2-11,20H,12-13H2,1H3/q+1. The highest BCUT2D eigenvalue weighted by molar-refractivity contribution is 8.04. The molecule has 0 radical (unpaired) electrons. The molecule has 3 aromatic rings. The first kappa shape index (κ1) is 21.1. The van der Waals surface area contributed by atoms with Crippen molar-refractivity contribution in [2.75, 3.05) is 7.11 Å². The van der Waals surface area contributed by atoms with E-state index in [1.54, 1.807) is 36.8 Å². The summed E-state index contributed by atoms with van der Waals surface area (Å²) < 4.78 is 25.5. The normalized spacial score (nSPS) is 17.6. The van der Waals surface area contributed by atoms with Crippen molar-refractivity contribution in [2.45, 2.75) is 18.3 Å². The third kappa shape index (κ3) is 3.93. The molecule has 1 aromatic heterocycles. The molecule has 1 atom stereocenters. The average molecular weight is 465 g/mol. The van der Waals surface area contributed by atoms with E-state index in [0.29, 0.717) is 28.4 Å². The molecular formula is C23H18FN4O4S+. The molecule has 0 spiro atoms. The number of imide groups is 1. The molecule has 10 heteroatoms. The second kappa shape index (κ2) is 8.62. The second-order valence-corrected chi connectivity index (χ2v) is 8.39. The van der Waals surface area contributed by atoms with Crippen molar-refractivity contribution in [3.63, 3.8) is 0 Å². The van der Waals surface area contributed by atoms with E-state index >= 15 is 0 Å². The number of para-hydroxylation sites is 1. The van der Waals surface area contributed by atoms with Gasteiger partial charge >= 0.3 is 11.9 Å². The predicted molar refractivity (Wildman–Crippen MR) is 118 cm³/mol. The zero-order valence-corrected chi connectivity index (χ0v) is 18.3. The second-order valence-electron chi connectivity index (χ2n) is 7.38. The maximum absolute atomic E-state index is 13.3. The lowest BCUT2D eigenvalue weighted by molar-refractivity contribution is -0.458. The lowest BCUT2D eigenvalue weighted by atomic mass is 10.1. The average Bonchev–Trinajstić information content (AvgIpc) is 3.51. The number of allylic oxidation sites excluding steroid dienone is 1. The van der Waals surface area contributed by atoms with Gasteiger partial charge in [-0.2, -0.15) is 19.3 Å². The van der Waals surface area contributed by atoms with Crippen LogP contribution in [-0.4, -0.2) is 49.6 Å². The Balaban J connectivity index is 1.44. The third-order valence-electron chi connectivity index (χ3n) is 5.35. The Hall–Kier alpha value is -3.79.